The number of para-hydroxylation sites is 1. The zero-order valence-corrected chi connectivity index (χ0v) is 12.5. The van der Waals surface area contributed by atoms with Crippen molar-refractivity contribution in [3.63, 3.8) is 0 Å². The van der Waals surface area contributed by atoms with Crippen LogP contribution in [0.3, 0.4) is 0 Å². The normalized spacial score (nSPS) is 12.9. The number of halogens is 1. The molecule has 0 saturated carbocycles. The van der Waals surface area contributed by atoms with Crippen LogP contribution in [-0.4, -0.2) is 14.3 Å². The monoisotopic (exact) mass is 287 g/mol. The van der Waals surface area contributed by atoms with E-state index in [1.165, 1.54) is 5.39 Å². The maximum absolute atomic E-state index is 6.30. The second-order valence-electron chi connectivity index (χ2n) is 5.17. The van der Waals surface area contributed by atoms with E-state index in [4.69, 9.17) is 11.6 Å². The van der Waals surface area contributed by atoms with Crippen molar-refractivity contribution < 1.29 is 0 Å². The minimum atomic E-state index is 0.439. The summed E-state index contributed by atoms with van der Waals surface area (Å²) in [6.45, 7) is 5.10. The van der Waals surface area contributed by atoms with Crippen molar-refractivity contribution in [2.75, 3.05) is 0 Å². The lowest BCUT2D eigenvalue weighted by atomic mass is 10.2. The molecule has 0 aliphatic rings. The van der Waals surface area contributed by atoms with E-state index < -0.39 is 0 Å². The van der Waals surface area contributed by atoms with Crippen molar-refractivity contribution in [1.82, 2.24) is 14.3 Å². The van der Waals surface area contributed by atoms with Gasteiger partial charge in [-0.05, 0) is 31.5 Å². The Bertz CT molecular complexity index is 726. The molecule has 0 radical (unpaired) electrons. The number of nitrogens with zero attached hydrogens (tertiary/aromatic N) is 3. The number of rotatable bonds is 4. The van der Waals surface area contributed by atoms with Crippen molar-refractivity contribution in [3.8, 4) is 0 Å². The lowest BCUT2D eigenvalue weighted by molar-refractivity contribution is 0.472. The Morgan fingerprint density at radius 3 is 2.85 bits per heavy atom. The highest BCUT2D eigenvalue weighted by atomic mass is 35.5. The Kier molecular flexibility index (Phi) is 3.53. The molecule has 20 heavy (non-hydrogen) atoms. The van der Waals surface area contributed by atoms with Crippen molar-refractivity contribution in [2.45, 2.75) is 32.9 Å². The molecule has 1 aromatic carbocycles. The van der Waals surface area contributed by atoms with Gasteiger partial charge in [0.25, 0.3) is 0 Å². The predicted molar refractivity (Wildman–Crippen MR) is 83.3 cm³/mol. The van der Waals surface area contributed by atoms with E-state index in [1.54, 1.807) is 0 Å². The van der Waals surface area contributed by atoms with Crippen molar-refractivity contribution >= 4 is 22.5 Å². The van der Waals surface area contributed by atoms with Gasteiger partial charge in [-0.1, -0.05) is 30.7 Å². The summed E-state index contributed by atoms with van der Waals surface area (Å²) in [5, 5.41) is 6.60. The molecule has 3 aromatic rings. The molecule has 0 amide bonds. The van der Waals surface area contributed by atoms with Crippen molar-refractivity contribution in [1.29, 1.82) is 0 Å². The van der Waals surface area contributed by atoms with Crippen molar-refractivity contribution in [3.05, 3.63) is 53.4 Å². The van der Waals surface area contributed by atoms with Gasteiger partial charge in [-0.15, -0.1) is 0 Å². The van der Waals surface area contributed by atoms with E-state index in [9.17, 15) is 0 Å². The van der Waals surface area contributed by atoms with Gasteiger partial charge in [-0.2, -0.15) is 5.10 Å². The summed E-state index contributed by atoms with van der Waals surface area (Å²) in [5.41, 5.74) is 2.13. The summed E-state index contributed by atoms with van der Waals surface area (Å²) in [6, 6.07) is 10.6. The summed E-state index contributed by atoms with van der Waals surface area (Å²) in [5.74, 6) is 0. The third kappa shape index (κ3) is 2.34. The van der Waals surface area contributed by atoms with E-state index >= 15 is 0 Å². The quantitative estimate of drug-likeness (QED) is 0.692. The van der Waals surface area contributed by atoms with E-state index in [0.717, 1.165) is 29.2 Å². The highest BCUT2D eigenvalue weighted by molar-refractivity contribution is 6.35. The van der Waals surface area contributed by atoms with Crippen LogP contribution >= 0.6 is 11.6 Å². The van der Waals surface area contributed by atoms with Gasteiger partial charge in [-0.3, -0.25) is 4.68 Å². The van der Waals surface area contributed by atoms with Crippen LogP contribution in [0.25, 0.3) is 10.9 Å². The lowest BCUT2D eigenvalue weighted by Crippen LogP contribution is -2.06. The number of benzene rings is 1. The summed E-state index contributed by atoms with van der Waals surface area (Å²) >= 11 is 6.30. The van der Waals surface area contributed by atoms with Crippen LogP contribution in [0, 0.1) is 0 Å². The zero-order valence-electron chi connectivity index (χ0n) is 11.8. The van der Waals surface area contributed by atoms with E-state index in [2.05, 4.69) is 54.1 Å². The average Bonchev–Trinajstić information content (AvgIpc) is 3.07. The third-order valence-electron chi connectivity index (χ3n) is 3.78. The molecule has 0 fully saturated rings. The fourth-order valence-corrected chi connectivity index (χ4v) is 2.71. The Balaban J connectivity index is 1.92. The predicted octanol–water partition coefficient (Wildman–Crippen LogP) is 4.51. The summed E-state index contributed by atoms with van der Waals surface area (Å²) in [7, 11) is 0. The Hall–Kier alpha value is -1.74. The number of aromatic nitrogens is 3. The van der Waals surface area contributed by atoms with Gasteiger partial charge in [0.1, 0.15) is 0 Å². The van der Waals surface area contributed by atoms with Crippen LogP contribution in [0.1, 0.15) is 32.0 Å². The number of hydrogen-bond acceptors (Lipinski definition) is 1. The van der Waals surface area contributed by atoms with Crippen LogP contribution in [-0.2, 0) is 6.54 Å². The molecule has 2 aromatic heterocycles. The van der Waals surface area contributed by atoms with Gasteiger partial charge in [0.2, 0.25) is 0 Å². The molecule has 0 bridgehead atoms. The minimum Gasteiger partial charge on any atom is -0.340 e. The summed E-state index contributed by atoms with van der Waals surface area (Å²) in [6.07, 6.45) is 5.20. The largest absolute Gasteiger partial charge is 0.340 e. The third-order valence-corrected chi connectivity index (χ3v) is 4.08. The van der Waals surface area contributed by atoms with Gasteiger partial charge in [0.05, 0.1) is 22.8 Å². The first kappa shape index (κ1) is 13.3. The zero-order chi connectivity index (χ0) is 14.1. The number of hydrogen-bond donors (Lipinski definition) is 0. The molecule has 0 spiro atoms. The van der Waals surface area contributed by atoms with E-state index in [1.807, 2.05) is 16.8 Å². The Morgan fingerprint density at radius 1 is 1.20 bits per heavy atom. The van der Waals surface area contributed by atoms with Gasteiger partial charge in [-0.25, -0.2) is 0 Å². The molecule has 104 valence electrons. The molecule has 0 saturated heterocycles. The summed E-state index contributed by atoms with van der Waals surface area (Å²) < 4.78 is 4.18. The molecular weight excluding hydrogens is 270 g/mol. The first-order valence-corrected chi connectivity index (χ1v) is 7.34. The Morgan fingerprint density at radius 2 is 2.05 bits per heavy atom. The second kappa shape index (κ2) is 5.33. The molecule has 0 N–H and O–H groups in total. The smallest absolute Gasteiger partial charge is 0.0821 e. The fourth-order valence-electron chi connectivity index (χ4n) is 2.41. The molecule has 2 heterocycles. The van der Waals surface area contributed by atoms with Crippen LogP contribution in [0.4, 0.5) is 0 Å². The molecule has 0 aliphatic carbocycles. The molecule has 1 atom stereocenters. The van der Waals surface area contributed by atoms with Gasteiger partial charge in [0.15, 0.2) is 0 Å². The van der Waals surface area contributed by atoms with Crippen LogP contribution < -0.4 is 0 Å². The van der Waals surface area contributed by atoms with E-state index in [-0.39, 0.29) is 0 Å². The Labute approximate surface area is 123 Å². The second-order valence-corrected chi connectivity index (χ2v) is 5.57. The molecule has 3 nitrogen and oxygen atoms in total. The first-order valence-electron chi connectivity index (χ1n) is 6.96. The molecule has 0 aliphatic heterocycles. The molecule has 4 heteroatoms. The highest BCUT2D eigenvalue weighted by Gasteiger charge is 2.08. The maximum Gasteiger partial charge on any atom is 0.0821 e. The number of fused-ring (bicyclic) bond motifs is 1. The standard InChI is InChI=1S/C16H18ClN3/c1-3-12(2)20-10-8-14(18-20)11-19-9-7-13-5-4-6-15(17)16(13)19/h4-10,12H,3,11H2,1-2H3. The topological polar surface area (TPSA) is 22.8 Å². The molecular formula is C16H18ClN3. The van der Waals surface area contributed by atoms with Crippen LogP contribution in [0.15, 0.2) is 42.7 Å². The van der Waals surface area contributed by atoms with E-state index in [0.29, 0.717) is 6.04 Å². The first-order chi connectivity index (χ1) is 9.69. The molecule has 3 rings (SSSR count). The van der Waals surface area contributed by atoms with Gasteiger partial charge >= 0.3 is 0 Å². The minimum absolute atomic E-state index is 0.439. The maximum atomic E-state index is 6.30. The van der Waals surface area contributed by atoms with Crippen LogP contribution in [0.5, 0.6) is 0 Å². The van der Waals surface area contributed by atoms with Gasteiger partial charge in [0, 0.05) is 23.8 Å². The lowest BCUT2D eigenvalue weighted by Gasteiger charge is -2.08. The van der Waals surface area contributed by atoms with Gasteiger partial charge < -0.3 is 4.57 Å². The fraction of sp³-hybridized carbons (Fsp3) is 0.312. The summed E-state index contributed by atoms with van der Waals surface area (Å²) in [4.78, 5) is 0. The molecule has 1 unspecified atom stereocenters. The van der Waals surface area contributed by atoms with Crippen LogP contribution in [0.2, 0.25) is 5.02 Å². The SMILES string of the molecule is CCC(C)n1ccc(Cn2ccc3cccc(Cl)c32)n1. The van der Waals surface area contributed by atoms with Crippen molar-refractivity contribution in [2.24, 2.45) is 0 Å². The highest BCUT2D eigenvalue weighted by Crippen LogP contribution is 2.25. The average molecular weight is 288 g/mol.